The minimum absolute atomic E-state index is 0. The van der Waals surface area contributed by atoms with E-state index in [4.69, 9.17) is 14.2 Å². The van der Waals surface area contributed by atoms with Crippen molar-refractivity contribution in [1.82, 2.24) is 9.80 Å². The number of amides is 1. The maximum atomic E-state index is 13.3. The second-order valence-corrected chi connectivity index (χ2v) is 10.4. The first-order chi connectivity index (χ1) is 17.6. The Morgan fingerprint density at radius 3 is 2.73 bits per heavy atom. The van der Waals surface area contributed by atoms with Gasteiger partial charge in [0.2, 0.25) is 6.79 Å². The summed E-state index contributed by atoms with van der Waals surface area (Å²) in [5.41, 5.74) is 4.42. The topological polar surface area (TPSA) is 51.2 Å². The molecule has 0 aliphatic carbocycles. The van der Waals surface area contributed by atoms with Crippen molar-refractivity contribution in [2.75, 3.05) is 46.6 Å². The fourth-order valence-corrected chi connectivity index (χ4v) is 6.09. The Kier molecular flexibility index (Phi) is 7.50. The molecule has 3 aliphatic heterocycles. The number of halogens is 1. The molecule has 0 saturated carbocycles. The van der Waals surface area contributed by atoms with Gasteiger partial charge in [0.1, 0.15) is 5.75 Å². The molecule has 3 aromatic rings. The van der Waals surface area contributed by atoms with Crippen LogP contribution in [0.15, 0.2) is 42.5 Å². The Bertz CT molecular complexity index is 1310. The Balaban J connectivity index is 0.00000280. The Morgan fingerprint density at radius 2 is 1.89 bits per heavy atom. The number of hydrogen-bond acceptors (Lipinski definition) is 5. The normalized spacial score (nSPS) is 19.0. The molecule has 1 unspecified atom stereocenters. The molecule has 1 atom stereocenters. The van der Waals surface area contributed by atoms with E-state index in [1.54, 1.807) is 7.11 Å². The quantitative estimate of drug-likeness (QED) is 0.442. The molecule has 0 spiro atoms. The number of benzene rings is 3. The van der Waals surface area contributed by atoms with E-state index in [0.717, 1.165) is 68.2 Å². The summed E-state index contributed by atoms with van der Waals surface area (Å²) in [5, 5.41) is 2.53. The van der Waals surface area contributed by atoms with Crippen LogP contribution in [0.5, 0.6) is 17.2 Å². The van der Waals surface area contributed by atoms with Crippen molar-refractivity contribution in [3.63, 3.8) is 0 Å². The average molecular weight is 523 g/mol. The monoisotopic (exact) mass is 522 g/mol. The lowest BCUT2D eigenvalue weighted by Crippen LogP contribution is -2.45. The molecule has 3 aromatic carbocycles. The second kappa shape index (κ2) is 10.8. The third-order valence-electron chi connectivity index (χ3n) is 8.09. The van der Waals surface area contributed by atoms with E-state index in [1.165, 1.54) is 34.7 Å². The van der Waals surface area contributed by atoms with E-state index >= 15 is 0 Å². The molecule has 1 saturated heterocycles. The summed E-state index contributed by atoms with van der Waals surface area (Å²) in [4.78, 5) is 17.9. The lowest BCUT2D eigenvalue weighted by atomic mass is 9.93. The van der Waals surface area contributed by atoms with Gasteiger partial charge >= 0.3 is 0 Å². The summed E-state index contributed by atoms with van der Waals surface area (Å²) >= 11 is 0. The fourth-order valence-electron chi connectivity index (χ4n) is 6.09. The number of carbonyl (C=O) groups excluding carboxylic acids is 1. The highest BCUT2D eigenvalue weighted by Crippen LogP contribution is 2.37. The molecule has 0 N–H and O–H groups in total. The Labute approximate surface area is 224 Å². The molecule has 0 radical (unpaired) electrons. The highest BCUT2D eigenvalue weighted by molar-refractivity contribution is 5.97. The van der Waals surface area contributed by atoms with Crippen LogP contribution in [0.4, 0.5) is 0 Å². The summed E-state index contributed by atoms with van der Waals surface area (Å²) in [5.74, 6) is 3.05. The van der Waals surface area contributed by atoms with Crippen LogP contribution in [0.1, 0.15) is 39.9 Å². The third-order valence-corrected chi connectivity index (χ3v) is 8.09. The van der Waals surface area contributed by atoms with Gasteiger partial charge in [-0.3, -0.25) is 4.79 Å². The number of methoxy groups -OCH3 is 1. The van der Waals surface area contributed by atoms with Crippen molar-refractivity contribution in [2.24, 2.45) is 5.92 Å². The zero-order chi connectivity index (χ0) is 24.6. The predicted octanol–water partition coefficient (Wildman–Crippen LogP) is 5.26. The first kappa shape index (κ1) is 25.7. The first-order valence-corrected chi connectivity index (χ1v) is 13.1. The first-order valence-electron chi connectivity index (χ1n) is 13.1. The summed E-state index contributed by atoms with van der Waals surface area (Å²) in [6.45, 7) is 7.22. The standard InChI is InChI=1S/C30H34N2O4.ClH/c1-20-25-7-5-21(14-23(25)6-8-27(20)34-2)9-12-31-11-3-4-22(17-31)18-32-13-10-24-15-28-29(36-19-35-28)16-26(24)30(32)33;/h5-8,14-16,22H,3-4,9-13,17-19H2,1-2H3;1H. The molecule has 3 aliphatic rings. The van der Waals surface area contributed by atoms with E-state index < -0.39 is 0 Å². The molecule has 196 valence electrons. The molecule has 7 heteroatoms. The van der Waals surface area contributed by atoms with Gasteiger partial charge < -0.3 is 24.0 Å². The van der Waals surface area contributed by atoms with Crippen LogP contribution in [0.25, 0.3) is 10.8 Å². The average Bonchev–Trinajstić information content (AvgIpc) is 3.36. The molecule has 0 aromatic heterocycles. The second-order valence-electron chi connectivity index (χ2n) is 10.4. The van der Waals surface area contributed by atoms with Crippen LogP contribution >= 0.6 is 12.4 Å². The minimum atomic E-state index is 0. The van der Waals surface area contributed by atoms with Crippen molar-refractivity contribution in [3.05, 3.63) is 64.7 Å². The van der Waals surface area contributed by atoms with E-state index in [9.17, 15) is 4.79 Å². The van der Waals surface area contributed by atoms with Gasteiger partial charge in [-0.15, -0.1) is 12.4 Å². The molecule has 37 heavy (non-hydrogen) atoms. The summed E-state index contributed by atoms with van der Waals surface area (Å²) in [7, 11) is 1.73. The molecule has 3 heterocycles. The van der Waals surface area contributed by atoms with E-state index in [-0.39, 0.29) is 25.1 Å². The SMILES string of the molecule is COc1ccc2cc(CCN3CCCC(CN4CCc5cc6c(cc5C4=O)OCO6)C3)ccc2c1C.Cl. The highest BCUT2D eigenvalue weighted by Gasteiger charge is 2.30. The maximum Gasteiger partial charge on any atom is 0.254 e. The molecule has 6 rings (SSSR count). The zero-order valence-corrected chi connectivity index (χ0v) is 22.4. The molecule has 6 nitrogen and oxygen atoms in total. The summed E-state index contributed by atoms with van der Waals surface area (Å²) < 4.78 is 16.5. The number of hydrogen-bond donors (Lipinski definition) is 0. The van der Waals surface area contributed by atoms with Crippen LogP contribution in [-0.4, -0.2) is 62.3 Å². The Morgan fingerprint density at radius 1 is 1.05 bits per heavy atom. The Hall–Kier alpha value is -2.96. The number of nitrogens with zero attached hydrogens (tertiary/aromatic N) is 2. The van der Waals surface area contributed by atoms with Gasteiger partial charge in [-0.25, -0.2) is 0 Å². The molecule has 1 amide bonds. The van der Waals surface area contributed by atoms with Crippen LogP contribution in [0, 0.1) is 12.8 Å². The summed E-state index contributed by atoms with van der Waals surface area (Å²) in [6, 6.07) is 14.9. The number of aryl methyl sites for hydroxylation is 1. The number of carbonyl (C=O) groups is 1. The van der Waals surface area contributed by atoms with E-state index in [2.05, 4.69) is 47.1 Å². The molecular formula is C30H35ClN2O4. The largest absolute Gasteiger partial charge is 0.496 e. The number of likely N-dealkylation sites (tertiary alicyclic amines) is 1. The van der Waals surface area contributed by atoms with Gasteiger partial charge in [0, 0.05) is 31.7 Å². The van der Waals surface area contributed by atoms with Gasteiger partial charge in [-0.1, -0.05) is 24.3 Å². The minimum Gasteiger partial charge on any atom is -0.496 e. The highest BCUT2D eigenvalue weighted by atomic mass is 35.5. The number of fused-ring (bicyclic) bond motifs is 3. The maximum absolute atomic E-state index is 13.3. The van der Waals surface area contributed by atoms with Crippen molar-refractivity contribution in [3.8, 4) is 17.2 Å². The van der Waals surface area contributed by atoms with Gasteiger partial charge in [-0.05, 0) is 90.7 Å². The van der Waals surface area contributed by atoms with Gasteiger partial charge in [-0.2, -0.15) is 0 Å². The lowest BCUT2D eigenvalue weighted by molar-refractivity contribution is 0.0662. The van der Waals surface area contributed by atoms with Crippen LogP contribution in [0.2, 0.25) is 0 Å². The van der Waals surface area contributed by atoms with Crippen molar-refractivity contribution in [2.45, 2.75) is 32.6 Å². The fraction of sp³-hybridized carbons (Fsp3) is 0.433. The van der Waals surface area contributed by atoms with Gasteiger partial charge in [0.15, 0.2) is 11.5 Å². The van der Waals surface area contributed by atoms with Crippen LogP contribution < -0.4 is 14.2 Å². The number of piperidine rings is 1. The van der Waals surface area contributed by atoms with Crippen LogP contribution in [-0.2, 0) is 12.8 Å². The molecule has 0 bridgehead atoms. The van der Waals surface area contributed by atoms with Crippen molar-refractivity contribution >= 4 is 29.1 Å². The third kappa shape index (κ3) is 5.10. The van der Waals surface area contributed by atoms with Crippen molar-refractivity contribution in [1.29, 1.82) is 0 Å². The van der Waals surface area contributed by atoms with Gasteiger partial charge in [0.05, 0.1) is 7.11 Å². The van der Waals surface area contributed by atoms with Crippen LogP contribution in [0.3, 0.4) is 0 Å². The predicted molar refractivity (Wildman–Crippen MR) is 148 cm³/mol. The zero-order valence-electron chi connectivity index (χ0n) is 21.6. The molecule has 1 fully saturated rings. The number of rotatable bonds is 6. The number of ether oxygens (including phenoxy) is 3. The van der Waals surface area contributed by atoms with Gasteiger partial charge in [0.25, 0.3) is 5.91 Å². The lowest BCUT2D eigenvalue weighted by Gasteiger charge is -2.37. The van der Waals surface area contributed by atoms with E-state index in [0.29, 0.717) is 11.7 Å². The van der Waals surface area contributed by atoms with Crippen molar-refractivity contribution < 1.29 is 19.0 Å². The summed E-state index contributed by atoms with van der Waals surface area (Å²) in [6.07, 6.45) is 4.29. The smallest absolute Gasteiger partial charge is 0.254 e. The molecular weight excluding hydrogens is 488 g/mol. The van der Waals surface area contributed by atoms with E-state index in [1.807, 2.05) is 12.1 Å².